The third-order valence-corrected chi connectivity index (χ3v) is 5.42. The van der Waals surface area contributed by atoms with Crippen molar-refractivity contribution in [3.63, 3.8) is 0 Å². The van der Waals surface area contributed by atoms with Crippen molar-refractivity contribution in [2.75, 3.05) is 0 Å². The third kappa shape index (κ3) is 6.45. The minimum atomic E-state index is -0.501. The number of nitrogens with zero attached hydrogens (tertiary/aromatic N) is 6. The highest BCUT2D eigenvalue weighted by Gasteiger charge is 2.48. The Labute approximate surface area is 156 Å². The van der Waals surface area contributed by atoms with Crippen LogP contribution in [0.15, 0.2) is 0 Å². The topological polar surface area (TPSA) is 143 Å². The van der Waals surface area contributed by atoms with Crippen molar-refractivity contribution >= 4 is 0 Å². The average molecular weight is 348 g/mol. The summed E-state index contributed by atoms with van der Waals surface area (Å²) >= 11 is 0. The summed E-state index contributed by atoms with van der Waals surface area (Å²) in [5, 5.41) is 54.8. The fourth-order valence-corrected chi connectivity index (χ4v) is 4.11. The largest absolute Gasteiger partial charge is 0.198 e. The summed E-state index contributed by atoms with van der Waals surface area (Å²) in [6.07, 6.45) is 4.75. The first-order chi connectivity index (χ1) is 12.6. The van der Waals surface area contributed by atoms with Gasteiger partial charge in [-0.05, 0) is 49.4 Å². The van der Waals surface area contributed by atoms with Gasteiger partial charge in [-0.1, -0.05) is 0 Å². The van der Waals surface area contributed by atoms with E-state index in [1.807, 2.05) is 0 Å². The Morgan fingerprint density at radius 1 is 0.346 bits per heavy atom. The first-order valence-electron chi connectivity index (χ1n) is 8.83. The van der Waals surface area contributed by atoms with Gasteiger partial charge in [0.2, 0.25) is 0 Å². The van der Waals surface area contributed by atoms with E-state index in [2.05, 4.69) is 36.4 Å². The maximum absolute atomic E-state index is 9.14. The fraction of sp³-hybridized carbons (Fsp3) is 0.700. The molecule has 0 aliphatic carbocycles. The Balaban J connectivity index is 6.26. The monoisotopic (exact) mass is 348 g/mol. The van der Waals surface area contributed by atoms with Crippen LogP contribution in [0, 0.1) is 78.8 Å². The highest BCUT2D eigenvalue weighted by molar-refractivity contribution is 5.04. The van der Waals surface area contributed by atoms with Gasteiger partial charge in [-0.2, -0.15) is 31.6 Å². The molecule has 0 spiro atoms. The molecule has 6 heteroatoms. The summed E-state index contributed by atoms with van der Waals surface area (Å²) in [4.78, 5) is 0. The molecule has 0 aromatic heterocycles. The highest BCUT2D eigenvalue weighted by atomic mass is 14.5. The molecule has 0 radical (unpaired) electrons. The molecular formula is C20H24N6. The second kappa shape index (κ2) is 13.3. The SMILES string of the molecule is N#CCCC(CCC#N)(CCC#N)C(CCC#N)(CCC#N)CCC#N. The number of nitriles is 6. The molecule has 26 heavy (non-hydrogen) atoms. The van der Waals surface area contributed by atoms with Crippen LogP contribution in [0.4, 0.5) is 0 Å². The molecule has 0 bridgehead atoms. The Morgan fingerprint density at radius 3 is 0.615 bits per heavy atom. The van der Waals surface area contributed by atoms with Crippen molar-refractivity contribution in [2.24, 2.45) is 10.8 Å². The van der Waals surface area contributed by atoms with Gasteiger partial charge in [0.05, 0.1) is 36.4 Å². The number of rotatable bonds is 13. The smallest absolute Gasteiger partial charge is 0.0621 e. The quantitative estimate of drug-likeness (QED) is 0.468. The maximum Gasteiger partial charge on any atom is 0.0621 e. The van der Waals surface area contributed by atoms with E-state index in [0.717, 1.165) is 0 Å². The van der Waals surface area contributed by atoms with Gasteiger partial charge in [0.15, 0.2) is 0 Å². The van der Waals surface area contributed by atoms with Gasteiger partial charge in [-0.25, -0.2) is 0 Å². The van der Waals surface area contributed by atoms with E-state index in [-0.39, 0.29) is 38.5 Å². The minimum Gasteiger partial charge on any atom is -0.198 e. The molecule has 0 fully saturated rings. The zero-order chi connectivity index (χ0) is 19.7. The first-order valence-corrected chi connectivity index (χ1v) is 8.83. The molecule has 0 aliphatic heterocycles. The van der Waals surface area contributed by atoms with Gasteiger partial charge in [0, 0.05) is 38.5 Å². The molecule has 0 saturated heterocycles. The van der Waals surface area contributed by atoms with Crippen molar-refractivity contribution in [3.05, 3.63) is 0 Å². The first kappa shape index (κ1) is 22.9. The van der Waals surface area contributed by atoms with Gasteiger partial charge < -0.3 is 0 Å². The lowest BCUT2D eigenvalue weighted by Crippen LogP contribution is -2.43. The van der Waals surface area contributed by atoms with E-state index >= 15 is 0 Å². The average Bonchev–Trinajstić information content (AvgIpc) is 2.67. The van der Waals surface area contributed by atoms with Crippen LogP contribution in [0.1, 0.15) is 77.0 Å². The van der Waals surface area contributed by atoms with Crippen LogP contribution in [-0.4, -0.2) is 0 Å². The van der Waals surface area contributed by atoms with E-state index in [0.29, 0.717) is 38.5 Å². The zero-order valence-electron chi connectivity index (χ0n) is 15.2. The number of hydrogen-bond acceptors (Lipinski definition) is 6. The molecule has 0 aliphatic rings. The van der Waals surface area contributed by atoms with E-state index in [4.69, 9.17) is 31.6 Å². The molecule has 0 aromatic carbocycles. The lowest BCUT2D eigenvalue weighted by atomic mass is 9.52. The van der Waals surface area contributed by atoms with Crippen LogP contribution < -0.4 is 0 Å². The second-order valence-electron chi connectivity index (χ2n) is 6.51. The molecule has 0 N–H and O–H groups in total. The molecule has 134 valence electrons. The Hall–Kier alpha value is -3.06. The van der Waals surface area contributed by atoms with Crippen molar-refractivity contribution < 1.29 is 0 Å². The van der Waals surface area contributed by atoms with Crippen molar-refractivity contribution in [3.8, 4) is 36.4 Å². The zero-order valence-corrected chi connectivity index (χ0v) is 15.2. The van der Waals surface area contributed by atoms with E-state index in [1.54, 1.807) is 0 Å². The lowest BCUT2D eigenvalue weighted by Gasteiger charge is -2.51. The van der Waals surface area contributed by atoms with Crippen LogP contribution in [0.25, 0.3) is 0 Å². The predicted octanol–water partition coefficient (Wildman–Crippen LogP) is 4.78. The standard InChI is InChI=1S/C20H24N6/c21-13-1-7-19(8-2-14-22,9-3-15-23)20(10-4-16-24,11-5-17-25)12-6-18-26/h1-12H2. The van der Waals surface area contributed by atoms with Crippen LogP contribution in [0.2, 0.25) is 0 Å². The van der Waals surface area contributed by atoms with Crippen molar-refractivity contribution in [1.82, 2.24) is 0 Å². The van der Waals surface area contributed by atoms with Gasteiger partial charge >= 0.3 is 0 Å². The summed E-state index contributed by atoms with van der Waals surface area (Å²) in [5.74, 6) is 0. The minimum absolute atomic E-state index is 0.282. The molecule has 0 heterocycles. The van der Waals surface area contributed by atoms with Gasteiger partial charge in [0.25, 0.3) is 0 Å². The van der Waals surface area contributed by atoms with Crippen LogP contribution in [-0.2, 0) is 0 Å². The summed E-state index contributed by atoms with van der Waals surface area (Å²) in [6.45, 7) is 0. The van der Waals surface area contributed by atoms with Crippen LogP contribution in [0.5, 0.6) is 0 Å². The second-order valence-corrected chi connectivity index (χ2v) is 6.51. The lowest BCUT2D eigenvalue weighted by molar-refractivity contribution is -0.0130. The van der Waals surface area contributed by atoms with E-state index in [9.17, 15) is 0 Å². The van der Waals surface area contributed by atoms with Gasteiger partial charge in [-0.3, -0.25) is 0 Å². The van der Waals surface area contributed by atoms with E-state index in [1.165, 1.54) is 0 Å². The van der Waals surface area contributed by atoms with Crippen LogP contribution >= 0.6 is 0 Å². The molecule has 0 unspecified atom stereocenters. The maximum atomic E-state index is 9.14. The predicted molar refractivity (Wildman–Crippen MR) is 93.9 cm³/mol. The Kier molecular flexibility index (Phi) is 11.7. The highest BCUT2D eigenvalue weighted by Crippen LogP contribution is 2.57. The van der Waals surface area contributed by atoms with E-state index < -0.39 is 10.8 Å². The van der Waals surface area contributed by atoms with Crippen molar-refractivity contribution in [2.45, 2.75) is 77.0 Å². The van der Waals surface area contributed by atoms with Crippen LogP contribution in [0.3, 0.4) is 0 Å². The molecule has 0 rings (SSSR count). The fourth-order valence-electron chi connectivity index (χ4n) is 4.11. The molecule has 6 nitrogen and oxygen atoms in total. The molecule has 0 atom stereocenters. The third-order valence-electron chi connectivity index (χ3n) is 5.42. The Bertz CT molecular complexity index is 517. The molecule has 0 saturated carbocycles. The normalized spacial score (nSPS) is 10.4. The summed E-state index contributed by atoms with van der Waals surface area (Å²) in [7, 11) is 0. The summed E-state index contributed by atoms with van der Waals surface area (Å²) in [6, 6.07) is 12.9. The number of hydrogen-bond donors (Lipinski definition) is 0. The van der Waals surface area contributed by atoms with Gasteiger partial charge in [0.1, 0.15) is 0 Å². The summed E-state index contributed by atoms with van der Waals surface area (Å²) in [5.41, 5.74) is -1.00. The molecule has 0 amide bonds. The molecular weight excluding hydrogens is 324 g/mol. The Morgan fingerprint density at radius 2 is 0.500 bits per heavy atom. The molecule has 0 aromatic rings. The summed E-state index contributed by atoms with van der Waals surface area (Å²) < 4.78 is 0. The van der Waals surface area contributed by atoms with Crippen molar-refractivity contribution in [1.29, 1.82) is 31.6 Å². The van der Waals surface area contributed by atoms with Gasteiger partial charge in [-0.15, -0.1) is 0 Å².